The molecule has 0 bridgehead atoms. The maximum Gasteiger partial charge on any atom is 0.278 e. The van der Waals surface area contributed by atoms with Crippen molar-refractivity contribution in [3.05, 3.63) is 75.5 Å². The lowest BCUT2D eigenvalue weighted by Gasteiger charge is -2.12. The second kappa shape index (κ2) is 9.19. The molecule has 0 aliphatic rings. The highest BCUT2D eigenvalue weighted by molar-refractivity contribution is 6.42. The van der Waals surface area contributed by atoms with Crippen molar-refractivity contribution in [3.8, 4) is 5.75 Å². The molecule has 2 aromatic carbocycles. The monoisotopic (exact) mass is 446 g/mol. The van der Waals surface area contributed by atoms with Crippen LogP contribution in [0.1, 0.15) is 27.3 Å². The van der Waals surface area contributed by atoms with Crippen LogP contribution in [-0.4, -0.2) is 35.1 Å². The Kier molecular flexibility index (Phi) is 6.64. The van der Waals surface area contributed by atoms with E-state index in [1.54, 1.807) is 41.9 Å². The summed E-state index contributed by atoms with van der Waals surface area (Å²) in [5.74, 6) is 0.610. The van der Waals surface area contributed by atoms with E-state index in [-0.39, 0.29) is 11.6 Å². The first kappa shape index (κ1) is 21.7. The van der Waals surface area contributed by atoms with Gasteiger partial charge in [-0.2, -0.15) is 0 Å². The number of amides is 1. The molecule has 1 amide bonds. The minimum absolute atomic E-state index is 0.222. The Balaban J connectivity index is 1.78. The predicted molar refractivity (Wildman–Crippen MR) is 117 cm³/mol. The van der Waals surface area contributed by atoms with Gasteiger partial charge in [-0.15, -0.1) is 5.10 Å². The second-order valence-electron chi connectivity index (χ2n) is 6.43. The van der Waals surface area contributed by atoms with E-state index >= 15 is 0 Å². The van der Waals surface area contributed by atoms with Crippen molar-refractivity contribution in [2.24, 2.45) is 0 Å². The van der Waals surface area contributed by atoms with Gasteiger partial charge in [0.1, 0.15) is 11.5 Å². The van der Waals surface area contributed by atoms with E-state index in [1.165, 1.54) is 14.2 Å². The second-order valence-corrected chi connectivity index (χ2v) is 7.24. The highest BCUT2D eigenvalue weighted by Gasteiger charge is 2.18. The molecule has 156 valence electrons. The van der Waals surface area contributed by atoms with Crippen LogP contribution >= 0.6 is 23.2 Å². The van der Waals surface area contributed by atoms with Gasteiger partial charge in [-0.25, -0.2) is 4.68 Å². The number of carbonyl (C=O) groups is 1. The quantitative estimate of drug-likeness (QED) is 0.526. The number of halogens is 2. The first-order chi connectivity index (χ1) is 14.3. The molecule has 0 unspecified atom stereocenters. The van der Waals surface area contributed by atoms with Gasteiger partial charge in [0.05, 0.1) is 42.1 Å². The number of methoxy groups -OCH3 is 2. The van der Waals surface area contributed by atoms with E-state index in [1.807, 2.05) is 6.07 Å². The maximum atomic E-state index is 12.7. The van der Waals surface area contributed by atoms with Crippen molar-refractivity contribution in [1.29, 1.82) is 0 Å². The molecule has 1 aromatic heterocycles. The first-order valence-electron chi connectivity index (χ1n) is 8.90. The minimum atomic E-state index is -0.381. The molecule has 0 fully saturated rings. The average Bonchev–Trinajstić information content (AvgIpc) is 3.10. The number of rotatable bonds is 7. The van der Waals surface area contributed by atoms with Crippen LogP contribution in [0.5, 0.6) is 5.75 Å². The summed E-state index contributed by atoms with van der Waals surface area (Å²) < 4.78 is 12.1. The zero-order valence-corrected chi connectivity index (χ0v) is 18.2. The highest BCUT2D eigenvalue weighted by atomic mass is 35.5. The van der Waals surface area contributed by atoms with Gasteiger partial charge in [0.25, 0.3) is 5.91 Å². The average molecular weight is 447 g/mol. The number of benzene rings is 2. The molecule has 3 rings (SSSR count). The van der Waals surface area contributed by atoms with Crippen molar-refractivity contribution >= 4 is 40.6 Å². The number of carbonyl (C=O) groups excluding carboxylic acids is 1. The highest BCUT2D eigenvalue weighted by Crippen LogP contribution is 2.29. The summed E-state index contributed by atoms with van der Waals surface area (Å²) in [5, 5.41) is 11.9. The fourth-order valence-electron chi connectivity index (χ4n) is 2.83. The van der Waals surface area contributed by atoms with Crippen molar-refractivity contribution in [2.45, 2.75) is 13.5 Å². The number of ether oxygens (including phenoxy) is 2. The maximum absolute atomic E-state index is 12.7. The topological polar surface area (TPSA) is 78.3 Å². The molecule has 0 saturated carbocycles. The molecule has 0 aliphatic carbocycles. The zero-order valence-electron chi connectivity index (χ0n) is 16.7. The normalized spacial score (nSPS) is 10.6. The Hall–Kier alpha value is -3.03. The van der Waals surface area contributed by atoms with Gasteiger partial charge in [0, 0.05) is 11.8 Å². The molecule has 0 spiro atoms. The van der Waals surface area contributed by atoms with E-state index in [4.69, 9.17) is 32.7 Å². The van der Waals surface area contributed by atoms with Gasteiger partial charge in [-0.3, -0.25) is 4.79 Å². The van der Waals surface area contributed by atoms with Crippen molar-refractivity contribution in [2.75, 3.05) is 19.5 Å². The lowest BCUT2D eigenvalue weighted by Crippen LogP contribution is -2.14. The Morgan fingerprint density at radius 1 is 1.17 bits per heavy atom. The standard InChI is InChI=1S/C21H20Cl2N4O3/c1-12-20(25-26-27(12)11-14-5-8-17(22)18(23)9-14)21(28)24-15-6-7-16(13(2)29-3)19(10-15)30-4/h5-10H,2,11H2,1,3-4H3,(H,24,28). The van der Waals surface area contributed by atoms with E-state index in [0.29, 0.717) is 45.0 Å². The van der Waals surface area contributed by atoms with E-state index < -0.39 is 0 Å². The molecule has 1 heterocycles. The summed E-state index contributed by atoms with van der Waals surface area (Å²) in [6, 6.07) is 10.5. The van der Waals surface area contributed by atoms with Gasteiger partial charge in [-0.05, 0) is 36.8 Å². The Morgan fingerprint density at radius 3 is 2.60 bits per heavy atom. The van der Waals surface area contributed by atoms with Gasteiger partial charge < -0.3 is 14.8 Å². The zero-order chi connectivity index (χ0) is 21.8. The number of anilines is 1. The number of nitrogens with one attached hydrogen (secondary N) is 1. The van der Waals surface area contributed by atoms with Crippen LogP contribution < -0.4 is 10.1 Å². The number of aromatic nitrogens is 3. The van der Waals surface area contributed by atoms with Gasteiger partial charge in [0.15, 0.2) is 5.69 Å². The molecular weight excluding hydrogens is 427 g/mol. The van der Waals surface area contributed by atoms with Crippen LogP contribution in [0.25, 0.3) is 5.76 Å². The SMILES string of the molecule is C=C(OC)c1ccc(NC(=O)c2nnn(Cc3ccc(Cl)c(Cl)c3)c2C)cc1OC. The fraction of sp³-hybridized carbons (Fsp3) is 0.190. The summed E-state index contributed by atoms with van der Waals surface area (Å²) in [6.45, 7) is 6.01. The summed E-state index contributed by atoms with van der Waals surface area (Å²) in [4.78, 5) is 12.7. The van der Waals surface area contributed by atoms with Crippen molar-refractivity contribution in [1.82, 2.24) is 15.0 Å². The number of hydrogen-bond donors (Lipinski definition) is 1. The summed E-state index contributed by atoms with van der Waals surface area (Å²) in [7, 11) is 3.06. The largest absolute Gasteiger partial charge is 0.497 e. The van der Waals surface area contributed by atoms with Crippen molar-refractivity contribution in [3.63, 3.8) is 0 Å². The molecule has 0 saturated heterocycles. The smallest absolute Gasteiger partial charge is 0.278 e. The Morgan fingerprint density at radius 2 is 1.93 bits per heavy atom. The fourth-order valence-corrected chi connectivity index (χ4v) is 3.15. The van der Waals surface area contributed by atoms with E-state index in [2.05, 4.69) is 22.2 Å². The third kappa shape index (κ3) is 4.58. The molecular formula is C21H20Cl2N4O3. The van der Waals surface area contributed by atoms with E-state index in [0.717, 1.165) is 5.56 Å². The predicted octanol–water partition coefficient (Wildman–Crippen LogP) is 4.82. The third-order valence-electron chi connectivity index (χ3n) is 4.52. The molecule has 7 nitrogen and oxygen atoms in total. The van der Waals surface area contributed by atoms with Crippen LogP contribution in [0, 0.1) is 6.92 Å². The van der Waals surface area contributed by atoms with Crippen molar-refractivity contribution < 1.29 is 14.3 Å². The molecule has 9 heteroatoms. The molecule has 30 heavy (non-hydrogen) atoms. The Bertz CT molecular complexity index is 1110. The molecule has 0 radical (unpaired) electrons. The van der Waals surface area contributed by atoms with Crippen LogP contribution in [0.2, 0.25) is 10.0 Å². The summed E-state index contributed by atoms with van der Waals surface area (Å²) in [6.07, 6.45) is 0. The number of hydrogen-bond acceptors (Lipinski definition) is 5. The van der Waals surface area contributed by atoms with Crippen LogP contribution in [0.15, 0.2) is 43.0 Å². The van der Waals surface area contributed by atoms with E-state index in [9.17, 15) is 4.79 Å². The molecule has 0 aliphatic heterocycles. The van der Waals surface area contributed by atoms with Crippen LogP contribution in [0.3, 0.4) is 0 Å². The van der Waals surface area contributed by atoms with Gasteiger partial charge >= 0.3 is 0 Å². The van der Waals surface area contributed by atoms with Crippen LogP contribution in [0.4, 0.5) is 5.69 Å². The third-order valence-corrected chi connectivity index (χ3v) is 5.26. The summed E-state index contributed by atoms with van der Waals surface area (Å²) >= 11 is 12.0. The van der Waals surface area contributed by atoms with Gasteiger partial charge in [0.2, 0.25) is 0 Å². The Labute approximate surface area is 184 Å². The number of nitrogens with zero attached hydrogens (tertiary/aromatic N) is 3. The van der Waals surface area contributed by atoms with Gasteiger partial charge in [-0.1, -0.05) is 41.1 Å². The molecule has 0 atom stereocenters. The lowest BCUT2D eigenvalue weighted by molar-refractivity contribution is 0.102. The molecule has 3 aromatic rings. The summed E-state index contributed by atoms with van der Waals surface area (Å²) in [5.41, 5.74) is 2.97. The first-order valence-corrected chi connectivity index (χ1v) is 9.66. The van der Waals surface area contributed by atoms with Crippen LogP contribution in [-0.2, 0) is 11.3 Å². The lowest BCUT2D eigenvalue weighted by atomic mass is 10.1. The molecule has 1 N–H and O–H groups in total. The minimum Gasteiger partial charge on any atom is -0.497 e.